The van der Waals surface area contributed by atoms with Crippen molar-refractivity contribution >= 4 is 24.3 Å². The monoisotopic (exact) mass is 555 g/mol. The van der Waals surface area contributed by atoms with Crippen molar-refractivity contribution in [3.63, 3.8) is 0 Å². The molecule has 0 fully saturated rings. The maximum atomic E-state index is 14.4. The molecule has 39 heavy (non-hydrogen) atoms. The van der Waals surface area contributed by atoms with Crippen LogP contribution in [0, 0.1) is 0 Å². The Bertz CT molecular complexity index is 1420. The van der Waals surface area contributed by atoms with E-state index in [-0.39, 0.29) is 13.2 Å². The van der Waals surface area contributed by atoms with Gasteiger partial charge in [0, 0.05) is 22.7 Å². The lowest BCUT2D eigenvalue weighted by molar-refractivity contribution is 0.212. The fraction of sp³-hybridized carbons (Fsp3) is 0.310. The van der Waals surface area contributed by atoms with Gasteiger partial charge in [0.2, 0.25) is 0 Å². The number of anilines is 1. The van der Waals surface area contributed by atoms with Crippen LogP contribution in [0.4, 0.5) is 5.69 Å². The molecule has 0 bridgehead atoms. The highest BCUT2D eigenvalue weighted by Crippen LogP contribution is 2.63. The molecule has 4 aromatic rings. The Balaban J connectivity index is 2.00. The minimum atomic E-state index is -3.81. The summed E-state index contributed by atoms with van der Waals surface area (Å²) in [5.74, 6) is 1.82. The summed E-state index contributed by atoms with van der Waals surface area (Å²) in [4.78, 5) is 0. The Hall–Kier alpha value is -3.65. The third-order valence-corrected chi connectivity index (χ3v) is 8.41. The van der Waals surface area contributed by atoms with E-state index in [1.807, 2.05) is 54.6 Å². The summed E-state index contributed by atoms with van der Waals surface area (Å²) in [6.07, 6.45) is 0. The molecular weight excluding hydrogens is 521 g/mol. The summed E-state index contributed by atoms with van der Waals surface area (Å²) >= 11 is 0. The Morgan fingerprint density at radius 2 is 1.31 bits per heavy atom. The average Bonchev–Trinajstić information content (AvgIpc) is 3.33. The maximum Gasteiger partial charge on any atom is 0.360 e. The second-order valence-electron chi connectivity index (χ2n) is 8.42. The number of methoxy groups -OCH3 is 4. The van der Waals surface area contributed by atoms with E-state index in [1.54, 1.807) is 48.4 Å². The number of benzene rings is 3. The normalized spacial score (nSPS) is 12.3. The molecule has 3 aromatic carbocycles. The molecule has 0 spiro atoms. The van der Waals surface area contributed by atoms with Gasteiger partial charge in [-0.15, -0.1) is 0 Å². The van der Waals surface area contributed by atoms with Gasteiger partial charge in [-0.1, -0.05) is 12.1 Å². The first-order valence-electron chi connectivity index (χ1n) is 12.5. The van der Waals surface area contributed by atoms with E-state index in [9.17, 15) is 4.57 Å². The molecule has 208 valence electrons. The Morgan fingerprint density at radius 1 is 0.769 bits per heavy atom. The van der Waals surface area contributed by atoms with Crippen LogP contribution in [0.15, 0.2) is 65.1 Å². The maximum absolute atomic E-state index is 14.4. The van der Waals surface area contributed by atoms with E-state index >= 15 is 0 Å². The van der Waals surface area contributed by atoms with Gasteiger partial charge in [0.1, 0.15) is 22.8 Å². The van der Waals surface area contributed by atoms with Gasteiger partial charge in [0.15, 0.2) is 17.3 Å². The molecule has 0 radical (unpaired) electrons. The van der Waals surface area contributed by atoms with Gasteiger partial charge < -0.3 is 37.7 Å². The Morgan fingerprint density at radius 3 is 1.82 bits per heavy atom. The summed E-state index contributed by atoms with van der Waals surface area (Å²) in [5, 5.41) is 4.10. The van der Waals surface area contributed by atoms with Crippen molar-refractivity contribution in [2.75, 3.05) is 47.0 Å². The summed E-state index contributed by atoms with van der Waals surface area (Å²) in [7, 11) is 2.53. The molecule has 1 unspecified atom stereocenters. The number of hydrogen-bond donors (Lipinski definition) is 1. The third-order valence-electron chi connectivity index (χ3n) is 6.18. The zero-order chi connectivity index (χ0) is 28.0. The zero-order valence-electron chi connectivity index (χ0n) is 23.0. The Kier molecular flexibility index (Phi) is 9.07. The van der Waals surface area contributed by atoms with Gasteiger partial charge in [-0.3, -0.25) is 4.57 Å². The van der Waals surface area contributed by atoms with E-state index in [4.69, 9.17) is 32.4 Å². The molecule has 1 heterocycles. The summed E-state index contributed by atoms with van der Waals surface area (Å²) in [6.45, 7) is 3.90. The quantitative estimate of drug-likeness (QED) is 0.168. The second-order valence-corrected chi connectivity index (χ2v) is 10.5. The van der Waals surface area contributed by atoms with Crippen molar-refractivity contribution in [2.45, 2.75) is 19.6 Å². The smallest absolute Gasteiger partial charge is 0.360 e. The molecule has 10 heteroatoms. The van der Waals surface area contributed by atoms with Crippen LogP contribution in [0.2, 0.25) is 0 Å². The fourth-order valence-electron chi connectivity index (χ4n) is 4.37. The SMILES string of the molecule is CCOP(=O)(OCC)C(Nc1ccc(OC)cc1)c1oc2cc(OC)c(OC)cc2c1-c1ccc(OC)cc1. The number of hydrogen-bond acceptors (Lipinski definition) is 9. The molecule has 0 saturated carbocycles. The molecule has 0 saturated heterocycles. The predicted octanol–water partition coefficient (Wildman–Crippen LogP) is 7.51. The van der Waals surface area contributed by atoms with E-state index in [2.05, 4.69) is 5.32 Å². The van der Waals surface area contributed by atoms with Crippen LogP contribution in [0.5, 0.6) is 23.0 Å². The summed E-state index contributed by atoms with van der Waals surface area (Å²) in [5.41, 5.74) is 2.73. The van der Waals surface area contributed by atoms with Crippen molar-refractivity contribution in [2.24, 2.45) is 0 Å². The first-order valence-corrected chi connectivity index (χ1v) is 14.1. The molecule has 0 aliphatic heterocycles. The lowest BCUT2D eigenvalue weighted by Gasteiger charge is -2.27. The highest BCUT2D eigenvalue weighted by atomic mass is 31.2. The summed E-state index contributed by atoms with van der Waals surface area (Å²) < 4.78 is 54.3. The standard InChI is InChI=1S/C29H34NO8P/c1-7-36-39(31,37-8-2)29(30-20-11-15-22(33-4)16-12-20)28-27(19-9-13-21(32-3)14-10-19)23-17-25(34-5)26(35-6)18-24(23)38-28/h9-18,29-30H,7-8H2,1-6H3. The lowest BCUT2D eigenvalue weighted by atomic mass is 10.0. The number of furan rings is 1. The van der Waals surface area contributed by atoms with Crippen LogP contribution in [0.25, 0.3) is 22.1 Å². The largest absolute Gasteiger partial charge is 0.497 e. The van der Waals surface area contributed by atoms with Gasteiger partial charge >= 0.3 is 7.60 Å². The fourth-order valence-corrected chi connectivity index (χ4v) is 6.24. The highest BCUT2D eigenvalue weighted by Gasteiger charge is 2.42. The molecule has 0 aliphatic carbocycles. The molecular formula is C29H34NO8P. The van der Waals surface area contributed by atoms with E-state index in [0.717, 1.165) is 10.9 Å². The molecule has 9 nitrogen and oxygen atoms in total. The van der Waals surface area contributed by atoms with Crippen LogP contribution in [0.3, 0.4) is 0 Å². The van der Waals surface area contributed by atoms with Crippen LogP contribution in [-0.2, 0) is 13.6 Å². The first-order chi connectivity index (χ1) is 18.9. The number of ether oxygens (including phenoxy) is 4. The molecule has 4 rings (SSSR count). The molecule has 1 atom stereocenters. The van der Waals surface area contributed by atoms with Crippen LogP contribution < -0.4 is 24.3 Å². The predicted molar refractivity (Wildman–Crippen MR) is 152 cm³/mol. The highest BCUT2D eigenvalue weighted by molar-refractivity contribution is 7.54. The van der Waals surface area contributed by atoms with Crippen molar-refractivity contribution in [1.82, 2.24) is 0 Å². The van der Waals surface area contributed by atoms with Crippen LogP contribution in [0.1, 0.15) is 25.4 Å². The number of fused-ring (bicyclic) bond motifs is 1. The van der Waals surface area contributed by atoms with Crippen molar-refractivity contribution in [3.05, 3.63) is 66.4 Å². The Labute approximate surface area is 228 Å². The van der Waals surface area contributed by atoms with E-state index in [0.29, 0.717) is 45.6 Å². The van der Waals surface area contributed by atoms with Crippen molar-refractivity contribution in [3.8, 4) is 34.1 Å². The van der Waals surface area contributed by atoms with Gasteiger partial charge in [-0.05, 0) is 61.9 Å². The third kappa shape index (κ3) is 5.86. The first kappa shape index (κ1) is 28.4. The molecule has 0 amide bonds. The van der Waals surface area contributed by atoms with Crippen LogP contribution >= 0.6 is 7.60 Å². The van der Waals surface area contributed by atoms with Crippen molar-refractivity contribution < 1.29 is 37.0 Å². The van der Waals surface area contributed by atoms with Crippen LogP contribution in [-0.4, -0.2) is 41.7 Å². The second kappa shape index (κ2) is 12.5. The topological polar surface area (TPSA) is 97.6 Å². The number of rotatable bonds is 13. The summed E-state index contributed by atoms with van der Waals surface area (Å²) in [6, 6.07) is 18.4. The zero-order valence-corrected chi connectivity index (χ0v) is 23.9. The van der Waals surface area contributed by atoms with E-state index in [1.165, 1.54) is 0 Å². The van der Waals surface area contributed by atoms with Crippen molar-refractivity contribution in [1.29, 1.82) is 0 Å². The average molecular weight is 556 g/mol. The molecule has 0 aliphatic rings. The minimum absolute atomic E-state index is 0.178. The molecule has 1 N–H and O–H groups in total. The van der Waals surface area contributed by atoms with Gasteiger partial charge in [-0.2, -0.15) is 0 Å². The lowest BCUT2D eigenvalue weighted by Crippen LogP contribution is -2.15. The van der Waals surface area contributed by atoms with Gasteiger partial charge in [-0.25, -0.2) is 0 Å². The number of nitrogens with one attached hydrogen (secondary N) is 1. The van der Waals surface area contributed by atoms with Gasteiger partial charge in [0.05, 0.1) is 41.7 Å². The van der Waals surface area contributed by atoms with E-state index < -0.39 is 13.4 Å². The van der Waals surface area contributed by atoms with Gasteiger partial charge in [0.25, 0.3) is 0 Å². The minimum Gasteiger partial charge on any atom is -0.497 e. The molecule has 1 aromatic heterocycles.